The van der Waals surface area contributed by atoms with Gasteiger partial charge < -0.3 is 9.64 Å². The van der Waals surface area contributed by atoms with Gasteiger partial charge in [-0.3, -0.25) is 10.3 Å². The van der Waals surface area contributed by atoms with Crippen molar-refractivity contribution < 1.29 is 9.53 Å². The summed E-state index contributed by atoms with van der Waals surface area (Å²) in [6, 6.07) is 19.5. The van der Waals surface area contributed by atoms with Crippen LogP contribution in [0.1, 0.15) is 11.6 Å². The molecule has 0 radical (unpaired) electrons. The molecule has 124 valence electrons. The Bertz CT molecular complexity index is 668. The highest BCUT2D eigenvalue weighted by Crippen LogP contribution is 2.25. The number of piperazine rings is 1. The summed E-state index contributed by atoms with van der Waals surface area (Å²) in [6.07, 6.45) is 0.707. The highest BCUT2D eigenvalue weighted by Gasteiger charge is 2.31. The average Bonchev–Trinajstić information content (AvgIpc) is 2.64. The summed E-state index contributed by atoms with van der Waals surface area (Å²) in [5, 5.41) is 7.05. The van der Waals surface area contributed by atoms with E-state index in [0.29, 0.717) is 6.40 Å². The summed E-state index contributed by atoms with van der Waals surface area (Å²) in [4.78, 5) is 16.8. The molecule has 1 N–H and O–H groups in total. The molecule has 0 spiro atoms. The number of hydrogen-bond donors (Lipinski definition) is 1. The Hall–Kier alpha value is -2.66. The molecule has 24 heavy (non-hydrogen) atoms. The van der Waals surface area contributed by atoms with Gasteiger partial charge in [-0.15, -0.1) is 0 Å². The Morgan fingerprint density at radius 1 is 0.958 bits per heavy atom. The van der Waals surface area contributed by atoms with Crippen LogP contribution in [-0.4, -0.2) is 43.4 Å². The molecule has 0 bridgehead atoms. The Labute approximate surface area is 142 Å². The topological polar surface area (TPSA) is 56.6 Å². The molecule has 5 nitrogen and oxygen atoms in total. The van der Waals surface area contributed by atoms with Gasteiger partial charge in [-0.2, -0.15) is 0 Å². The zero-order chi connectivity index (χ0) is 16.8. The van der Waals surface area contributed by atoms with Crippen molar-refractivity contribution in [1.29, 1.82) is 5.41 Å². The number of anilines is 1. The normalized spacial score (nSPS) is 16.4. The maximum absolute atomic E-state index is 12.4. The molecule has 1 atom stereocenters. The largest absolute Gasteiger partial charge is 0.414 e. The SMILES string of the molecule is N=COC(=O)C(c1ccccc1)N1CCN(c2ccccc2)CC1. The third-order valence-electron chi connectivity index (χ3n) is 4.31. The van der Waals surface area contributed by atoms with Gasteiger partial charge >= 0.3 is 5.97 Å². The van der Waals surface area contributed by atoms with Crippen LogP contribution in [0.25, 0.3) is 0 Å². The number of carbonyl (C=O) groups is 1. The molecular formula is C19H21N3O2. The van der Waals surface area contributed by atoms with Gasteiger partial charge in [-0.1, -0.05) is 48.5 Å². The molecule has 1 heterocycles. The standard InChI is InChI=1S/C19H21N3O2/c20-15-24-19(23)18(16-7-3-1-4-8-16)22-13-11-21(12-14-22)17-9-5-2-6-10-17/h1-10,15,18,20H,11-14H2. The quantitative estimate of drug-likeness (QED) is 0.522. The molecule has 0 amide bonds. The van der Waals surface area contributed by atoms with Crippen molar-refractivity contribution in [2.24, 2.45) is 0 Å². The minimum absolute atomic E-state index is 0.399. The number of ether oxygens (including phenoxy) is 1. The van der Waals surface area contributed by atoms with Crippen molar-refractivity contribution in [2.75, 3.05) is 31.1 Å². The van der Waals surface area contributed by atoms with E-state index in [1.165, 1.54) is 5.69 Å². The monoisotopic (exact) mass is 323 g/mol. The molecule has 1 aliphatic rings. The number of nitrogens with one attached hydrogen (secondary N) is 1. The van der Waals surface area contributed by atoms with E-state index in [9.17, 15) is 4.79 Å². The lowest BCUT2D eigenvalue weighted by molar-refractivity contribution is -0.141. The first-order chi connectivity index (χ1) is 11.8. The van der Waals surface area contributed by atoms with Crippen molar-refractivity contribution in [1.82, 2.24) is 4.90 Å². The van der Waals surface area contributed by atoms with Crippen LogP contribution in [0.5, 0.6) is 0 Å². The second kappa shape index (κ2) is 7.75. The summed E-state index contributed by atoms with van der Waals surface area (Å²) < 4.78 is 4.87. The summed E-state index contributed by atoms with van der Waals surface area (Å²) in [5.74, 6) is -0.399. The van der Waals surface area contributed by atoms with E-state index in [1.54, 1.807) is 0 Å². The van der Waals surface area contributed by atoms with Crippen molar-refractivity contribution in [3.63, 3.8) is 0 Å². The van der Waals surface area contributed by atoms with Gasteiger partial charge in [-0.05, 0) is 17.7 Å². The Kier molecular flexibility index (Phi) is 5.23. The maximum atomic E-state index is 12.4. The Morgan fingerprint density at radius 2 is 1.54 bits per heavy atom. The molecule has 1 fully saturated rings. The first kappa shape index (κ1) is 16.2. The van der Waals surface area contributed by atoms with Crippen molar-refractivity contribution in [3.05, 3.63) is 66.2 Å². The summed E-state index contributed by atoms with van der Waals surface area (Å²) in [7, 11) is 0. The molecule has 3 rings (SSSR count). The lowest BCUT2D eigenvalue weighted by atomic mass is 10.0. The van der Waals surface area contributed by atoms with E-state index in [4.69, 9.17) is 10.1 Å². The van der Waals surface area contributed by atoms with Crippen molar-refractivity contribution in [3.8, 4) is 0 Å². The molecule has 0 saturated carbocycles. The minimum Gasteiger partial charge on any atom is -0.414 e. The van der Waals surface area contributed by atoms with Gasteiger partial charge in [0.05, 0.1) is 0 Å². The van der Waals surface area contributed by atoms with E-state index in [-0.39, 0.29) is 0 Å². The van der Waals surface area contributed by atoms with Gasteiger partial charge in [0.1, 0.15) is 6.04 Å². The van der Waals surface area contributed by atoms with Crippen LogP contribution in [0.3, 0.4) is 0 Å². The molecule has 0 aromatic heterocycles. The molecule has 0 aliphatic carbocycles. The Morgan fingerprint density at radius 3 is 2.12 bits per heavy atom. The predicted molar refractivity (Wildman–Crippen MR) is 94.3 cm³/mol. The molecule has 1 saturated heterocycles. The van der Waals surface area contributed by atoms with Crippen molar-refractivity contribution in [2.45, 2.75) is 6.04 Å². The van der Waals surface area contributed by atoms with E-state index in [1.807, 2.05) is 48.5 Å². The minimum atomic E-state index is -0.467. The maximum Gasteiger partial charge on any atom is 0.334 e. The number of hydrogen-bond acceptors (Lipinski definition) is 5. The summed E-state index contributed by atoms with van der Waals surface area (Å²) in [6.45, 7) is 3.24. The van der Waals surface area contributed by atoms with Crippen LogP contribution in [-0.2, 0) is 9.53 Å². The fourth-order valence-corrected chi connectivity index (χ4v) is 3.13. The highest BCUT2D eigenvalue weighted by molar-refractivity contribution is 5.83. The number of para-hydroxylation sites is 1. The van der Waals surface area contributed by atoms with E-state index in [2.05, 4.69) is 21.9 Å². The van der Waals surface area contributed by atoms with Gasteiger partial charge in [-0.25, -0.2) is 4.79 Å². The molecule has 5 heteroatoms. The average molecular weight is 323 g/mol. The summed E-state index contributed by atoms with van der Waals surface area (Å²) >= 11 is 0. The van der Waals surface area contributed by atoms with E-state index < -0.39 is 12.0 Å². The number of benzene rings is 2. The van der Waals surface area contributed by atoms with Crippen LogP contribution in [0.2, 0.25) is 0 Å². The van der Waals surface area contributed by atoms with Gasteiger partial charge in [0.25, 0.3) is 0 Å². The zero-order valence-electron chi connectivity index (χ0n) is 13.5. The first-order valence-corrected chi connectivity index (χ1v) is 8.08. The molecule has 1 aliphatic heterocycles. The predicted octanol–water partition coefficient (Wildman–Crippen LogP) is 2.70. The van der Waals surface area contributed by atoms with Crippen molar-refractivity contribution >= 4 is 18.1 Å². The number of carbonyl (C=O) groups excluding carboxylic acids is 1. The lowest BCUT2D eigenvalue weighted by Gasteiger charge is -2.39. The van der Waals surface area contributed by atoms with Crippen LogP contribution in [0.4, 0.5) is 5.69 Å². The smallest absolute Gasteiger partial charge is 0.334 e. The fraction of sp³-hybridized carbons (Fsp3) is 0.263. The highest BCUT2D eigenvalue weighted by atomic mass is 16.5. The molecule has 2 aromatic rings. The molecule has 1 unspecified atom stereocenters. The van der Waals surface area contributed by atoms with Crippen LogP contribution in [0, 0.1) is 5.41 Å². The number of rotatable bonds is 5. The molecule has 2 aromatic carbocycles. The third kappa shape index (κ3) is 3.63. The van der Waals surface area contributed by atoms with Gasteiger partial charge in [0.15, 0.2) is 6.40 Å². The first-order valence-electron chi connectivity index (χ1n) is 8.08. The van der Waals surface area contributed by atoms with Gasteiger partial charge in [0.2, 0.25) is 0 Å². The number of nitrogens with zero attached hydrogens (tertiary/aromatic N) is 2. The van der Waals surface area contributed by atoms with E-state index in [0.717, 1.165) is 31.7 Å². The molecular weight excluding hydrogens is 302 g/mol. The second-order valence-electron chi connectivity index (χ2n) is 5.73. The second-order valence-corrected chi connectivity index (χ2v) is 5.73. The number of esters is 1. The van der Waals surface area contributed by atoms with Crippen LogP contribution < -0.4 is 4.90 Å². The fourth-order valence-electron chi connectivity index (χ4n) is 3.13. The van der Waals surface area contributed by atoms with Crippen LogP contribution >= 0.6 is 0 Å². The van der Waals surface area contributed by atoms with E-state index >= 15 is 0 Å². The van der Waals surface area contributed by atoms with Gasteiger partial charge in [0, 0.05) is 31.9 Å². The zero-order valence-corrected chi connectivity index (χ0v) is 13.5. The van der Waals surface area contributed by atoms with Crippen LogP contribution in [0.15, 0.2) is 60.7 Å². The summed E-state index contributed by atoms with van der Waals surface area (Å²) in [5.41, 5.74) is 2.10. The lowest BCUT2D eigenvalue weighted by Crippen LogP contribution is -2.49. The third-order valence-corrected chi connectivity index (χ3v) is 4.31. The Balaban J connectivity index is 1.73.